The van der Waals surface area contributed by atoms with E-state index in [9.17, 15) is 40.5 Å². The molecular formula is C14H25NO11. The van der Waals surface area contributed by atoms with Crippen molar-refractivity contribution in [2.24, 2.45) is 0 Å². The fraction of sp³-hybridized carbons (Fsp3) is 0.929. The van der Waals surface area contributed by atoms with Crippen LogP contribution in [0.25, 0.3) is 0 Å². The molecule has 26 heavy (non-hydrogen) atoms. The Morgan fingerprint density at radius 1 is 0.846 bits per heavy atom. The highest BCUT2D eigenvalue weighted by molar-refractivity contribution is 5.73. The molecule has 0 aliphatic carbocycles. The topological polar surface area (TPSA) is 198 Å². The molecule has 0 aromatic heterocycles. The maximum absolute atomic E-state index is 11.4. The van der Waals surface area contributed by atoms with Crippen LogP contribution in [-0.4, -0.2) is 116 Å². The summed E-state index contributed by atoms with van der Waals surface area (Å²) in [5.74, 6) is -0.574. The Kier molecular flexibility index (Phi) is 7.27. The molecule has 0 aromatic rings. The molecule has 2 aliphatic rings. The van der Waals surface area contributed by atoms with Crippen molar-refractivity contribution in [2.75, 3.05) is 13.2 Å². The molecule has 2 aliphatic heterocycles. The molecule has 0 bridgehead atoms. The van der Waals surface area contributed by atoms with Gasteiger partial charge < -0.3 is 55.3 Å². The van der Waals surface area contributed by atoms with Crippen molar-refractivity contribution in [1.82, 2.24) is 5.32 Å². The number of hydrogen-bond donors (Lipinski definition) is 8. The number of carbonyl (C=O) groups excluding carboxylic acids is 1. The van der Waals surface area contributed by atoms with Crippen LogP contribution in [0.3, 0.4) is 0 Å². The van der Waals surface area contributed by atoms with Crippen LogP contribution in [-0.2, 0) is 19.0 Å². The van der Waals surface area contributed by atoms with Gasteiger partial charge in [0.1, 0.15) is 48.8 Å². The third-order valence-electron chi connectivity index (χ3n) is 4.37. The highest BCUT2D eigenvalue weighted by Crippen LogP contribution is 2.28. The molecule has 2 rings (SSSR count). The number of hydrogen-bond acceptors (Lipinski definition) is 11. The van der Waals surface area contributed by atoms with Crippen LogP contribution in [0.5, 0.6) is 0 Å². The van der Waals surface area contributed by atoms with E-state index >= 15 is 0 Å². The van der Waals surface area contributed by atoms with Crippen LogP contribution in [0.4, 0.5) is 0 Å². The Balaban J connectivity index is 2.18. The van der Waals surface area contributed by atoms with Crippen LogP contribution < -0.4 is 5.32 Å². The van der Waals surface area contributed by atoms with Crippen LogP contribution in [0.15, 0.2) is 0 Å². The van der Waals surface area contributed by atoms with Gasteiger partial charge in [-0.2, -0.15) is 0 Å². The average molecular weight is 383 g/mol. The summed E-state index contributed by atoms with van der Waals surface area (Å²) < 4.78 is 15.9. The summed E-state index contributed by atoms with van der Waals surface area (Å²) >= 11 is 0. The van der Waals surface area contributed by atoms with Gasteiger partial charge >= 0.3 is 0 Å². The Labute approximate surface area is 148 Å². The lowest BCUT2D eigenvalue weighted by molar-refractivity contribution is -0.363. The molecule has 12 heteroatoms. The number of amides is 1. The molecule has 2 fully saturated rings. The Morgan fingerprint density at radius 3 is 1.85 bits per heavy atom. The van der Waals surface area contributed by atoms with Crippen LogP contribution in [0.2, 0.25) is 0 Å². The van der Waals surface area contributed by atoms with Crippen molar-refractivity contribution in [3.8, 4) is 0 Å². The molecule has 0 radical (unpaired) electrons. The zero-order valence-electron chi connectivity index (χ0n) is 14.0. The van der Waals surface area contributed by atoms with E-state index < -0.39 is 80.5 Å². The highest BCUT2D eigenvalue weighted by Gasteiger charge is 2.50. The predicted octanol–water partition coefficient (Wildman–Crippen LogP) is -5.25. The summed E-state index contributed by atoms with van der Waals surface area (Å²) in [6.45, 7) is -0.187. The van der Waals surface area contributed by atoms with Gasteiger partial charge in [-0.15, -0.1) is 0 Å². The number of nitrogens with one attached hydrogen (secondary N) is 1. The largest absolute Gasteiger partial charge is 0.394 e. The van der Waals surface area contributed by atoms with Crippen LogP contribution >= 0.6 is 0 Å². The second-order valence-electron chi connectivity index (χ2n) is 6.27. The number of carbonyl (C=O) groups is 1. The van der Waals surface area contributed by atoms with Gasteiger partial charge in [0.25, 0.3) is 0 Å². The molecule has 0 aromatic carbocycles. The molecule has 0 unspecified atom stereocenters. The zero-order chi connectivity index (χ0) is 19.6. The van der Waals surface area contributed by atoms with E-state index in [1.54, 1.807) is 0 Å². The van der Waals surface area contributed by atoms with E-state index in [-0.39, 0.29) is 0 Å². The first-order chi connectivity index (χ1) is 12.2. The van der Waals surface area contributed by atoms with Gasteiger partial charge in [0, 0.05) is 6.92 Å². The molecule has 2 heterocycles. The first-order valence-electron chi connectivity index (χ1n) is 8.06. The van der Waals surface area contributed by atoms with E-state index in [1.165, 1.54) is 0 Å². The first kappa shape index (κ1) is 21.4. The smallest absolute Gasteiger partial charge is 0.217 e. The lowest BCUT2D eigenvalue weighted by Gasteiger charge is -2.45. The molecule has 10 atom stereocenters. The van der Waals surface area contributed by atoms with Crippen molar-refractivity contribution in [2.45, 2.75) is 68.3 Å². The third kappa shape index (κ3) is 4.31. The van der Waals surface area contributed by atoms with E-state index in [0.29, 0.717) is 0 Å². The summed E-state index contributed by atoms with van der Waals surface area (Å²) in [4.78, 5) is 11.4. The molecule has 0 spiro atoms. The second-order valence-corrected chi connectivity index (χ2v) is 6.27. The molecule has 1 amide bonds. The standard InChI is InChI=1S/C14H25NO11/c1-4(18)15-7-10(21)8(19)5(2-16)24-13(7)26-14-12(23)11(22)9(20)6(3-17)25-14/h5-14,16-17,19-23H,2-3H2,1H3,(H,15,18)/t5-,6-,7+,8-,9+,10-,11+,12-,13+,14-/m1/s1. The van der Waals surface area contributed by atoms with Crippen molar-refractivity contribution < 1.29 is 54.8 Å². The highest BCUT2D eigenvalue weighted by atomic mass is 16.8. The quantitative estimate of drug-likeness (QED) is 0.226. The Hall–Kier alpha value is -0.930. The van der Waals surface area contributed by atoms with Crippen molar-refractivity contribution in [3.05, 3.63) is 0 Å². The average Bonchev–Trinajstić information content (AvgIpc) is 2.61. The Bertz CT molecular complexity index is 478. The maximum atomic E-state index is 11.4. The number of ether oxygens (including phenoxy) is 3. The molecule has 8 N–H and O–H groups in total. The fourth-order valence-corrected chi connectivity index (χ4v) is 2.90. The van der Waals surface area contributed by atoms with Gasteiger partial charge in [-0.3, -0.25) is 4.79 Å². The van der Waals surface area contributed by atoms with Gasteiger partial charge in [0.2, 0.25) is 5.91 Å². The number of aliphatic hydroxyl groups is 7. The van der Waals surface area contributed by atoms with Gasteiger partial charge in [0.05, 0.1) is 13.2 Å². The van der Waals surface area contributed by atoms with Crippen molar-refractivity contribution in [3.63, 3.8) is 0 Å². The third-order valence-corrected chi connectivity index (χ3v) is 4.37. The molecule has 2 saturated heterocycles. The Morgan fingerprint density at radius 2 is 1.35 bits per heavy atom. The lowest BCUT2D eigenvalue weighted by Crippen LogP contribution is -2.67. The fourth-order valence-electron chi connectivity index (χ4n) is 2.90. The number of aliphatic hydroxyl groups excluding tert-OH is 7. The first-order valence-corrected chi connectivity index (χ1v) is 8.06. The van der Waals surface area contributed by atoms with E-state index in [0.717, 1.165) is 6.92 Å². The van der Waals surface area contributed by atoms with E-state index in [2.05, 4.69) is 5.32 Å². The predicted molar refractivity (Wildman–Crippen MR) is 80.2 cm³/mol. The minimum atomic E-state index is -1.73. The molecule has 0 saturated carbocycles. The molecular weight excluding hydrogens is 358 g/mol. The van der Waals surface area contributed by atoms with Gasteiger partial charge in [-0.25, -0.2) is 0 Å². The maximum Gasteiger partial charge on any atom is 0.217 e. The van der Waals surface area contributed by atoms with Crippen molar-refractivity contribution in [1.29, 1.82) is 0 Å². The van der Waals surface area contributed by atoms with Gasteiger partial charge in [0.15, 0.2) is 12.6 Å². The summed E-state index contributed by atoms with van der Waals surface area (Å²) in [7, 11) is 0. The summed E-state index contributed by atoms with van der Waals surface area (Å²) in [5.41, 5.74) is 0. The van der Waals surface area contributed by atoms with Gasteiger partial charge in [-0.05, 0) is 0 Å². The summed E-state index contributed by atoms with van der Waals surface area (Å²) in [6.07, 6.45) is -13.7. The summed E-state index contributed by atoms with van der Waals surface area (Å²) in [5, 5.41) is 70.4. The van der Waals surface area contributed by atoms with Crippen molar-refractivity contribution >= 4 is 5.91 Å². The lowest BCUT2D eigenvalue weighted by atomic mass is 9.96. The monoisotopic (exact) mass is 383 g/mol. The van der Waals surface area contributed by atoms with E-state index in [4.69, 9.17) is 14.2 Å². The molecule has 12 nitrogen and oxygen atoms in total. The van der Waals surface area contributed by atoms with Gasteiger partial charge in [-0.1, -0.05) is 0 Å². The van der Waals surface area contributed by atoms with E-state index in [1.807, 2.05) is 0 Å². The second kappa shape index (κ2) is 8.84. The molecule has 152 valence electrons. The van der Waals surface area contributed by atoms with Crippen LogP contribution in [0.1, 0.15) is 6.92 Å². The minimum Gasteiger partial charge on any atom is -0.394 e. The normalized spacial score (nSPS) is 46.8. The summed E-state index contributed by atoms with van der Waals surface area (Å²) in [6, 6.07) is -1.28. The number of rotatable bonds is 5. The SMILES string of the molecule is CC(=O)N[C@@H]1[C@H](O[C@H]2O[C@H](CO)[C@H](O)[C@H](O)[C@H]2O)O[C@H](CO)[C@@H](O)[C@@H]1O. The minimum absolute atomic E-state index is 0.574. The van der Waals surface area contributed by atoms with Crippen LogP contribution in [0, 0.1) is 0 Å². The zero-order valence-corrected chi connectivity index (χ0v) is 14.0.